The first kappa shape index (κ1) is 15.3. The van der Waals surface area contributed by atoms with Crippen LogP contribution in [0.3, 0.4) is 0 Å². The van der Waals surface area contributed by atoms with E-state index in [-0.39, 0.29) is 11.9 Å². The summed E-state index contributed by atoms with van der Waals surface area (Å²) in [6, 6.07) is 5.54. The molecule has 1 saturated heterocycles. The first-order valence-electron chi connectivity index (χ1n) is 7.50. The van der Waals surface area contributed by atoms with Gasteiger partial charge in [-0.15, -0.1) is 0 Å². The van der Waals surface area contributed by atoms with E-state index in [1.807, 2.05) is 26.0 Å². The van der Waals surface area contributed by atoms with Gasteiger partial charge in [0.2, 0.25) is 0 Å². The van der Waals surface area contributed by atoms with E-state index < -0.39 is 0 Å². The fraction of sp³-hybridized carbons (Fsp3) is 0.625. The lowest BCUT2D eigenvalue weighted by molar-refractivity contribution is 0.0458. The van der Waals surface area contributed by atoms with Crippen molar-refractivity contribution in [3.63, 3.8) is 0 Å². The Morgan fingerprint density at radius 3 is 2.65 bits per heavy atom. The summed E-state index contributed by atoms with van der Waals surface area (Å²) in [6.45, 7) is 6.42. The standard InChI is InChI=1S/C16H25FN2O/c1-3-20-14-6-8-19(9-7-14)16-5-4-13(10-12(2)18)11-15(16)17/h4-5,11-12,14H,3,6-10,18H2,1-2H3. The number of hydrogen-bond donors (Lipinski definition) is 1. The zero-order valence-corrected chi connectivity index (χ0v) is 12.4. The van der Waals surface area contributed by atoms with Gasteiger partial charge in [-0.25, -0.2) is 4.39 Å². The molecule has 2 N–H and O–H groups in total. The second-order valence-corrected chi connectivity index (χ2v) is 5.61. The second-order valence-electron chi connectivity index (χ2n) is 5.61. The van der Waals surface area contributed by atoms with Crippen molar-refractivity contribution >= 4 is 5.69 Å². The summed E-state index contributed by atoms with van der Waals surface area (Å²) in [5, 5.41) is 0. The second kappa shape index (κ2) is 7.04. The molecule has 0 aromatic heterocycles. The molecule has 1 aromatic rings. The molecule has 0 aliphatic carbocycles. The fourth-order valence-corrected chi connectivity index (χ4v) is 2.80. The molecule has 1 aliphatic rings. The van der Waals surface area contributed by atoms with Gasteiger partial charge in [0.15, 0.2) is 0 Å². The van der Waals surface area contributed by atoms with Gasteiger partial charge in [0.1, 0.15) is 5.82 Å². The highest BCUT2D eigenvalue weighted by atomic mass is 19.1. The van der Waals surface area contributed by atoms with E-state index in [1.54, 1.807) is 6.07 Å². The quantitative estimate of drug-likeness (QED) is 0.901. The van der Waals surface area contributed by atoms with Gasteiger partial charge in [0, 0.05) is 25.7 Å². The summed E-state index contributed by atoms with van der Waals surface area (Å²) in [4.78, 5) is 2.11. The maximum absolute atomic E-state index is 14.2. The van der Waals surface area contributed by atoms with Gasteiger partial charge < -0.3 is 15.4 Å². The van der Waals surface area contributed by atoms with E-state index in [0.717, 1.165) is 38.1 Å². The Balaban J connectivity index is 1.99. The summed E-state index contributed by atoms with van der Waals surface area (Å²) in [6.07, 6.45) is 2.98. The number of benzene rings is 1. The van der Waals surface area contributed by atoms with E-state index in [0.29, 0.717) is 18.2 Å². The molecule has 1 atom stereocenters. The Labute approximate surface area is 120 Å². The van der Waals surface area contributed by atoms with Crippen LogP contribution in [0.2, 0.25) is 0 Å². The van der Waals surface area contributed by atoms with Crippen LogP contribution >= 0.6 is 0 Å². The van der Waals surface area contributed by atoms with Crippen LogP contribution < -0.4 is 10.6 Å². The van der Waals surface area contributed by atoms with Crippen molar-refractivity contribution in [3.05, 3.63) is 29.6 Å². The zero-order chi connectivity index (χ0) is 14.5. The minimum atomic E-state index is -0.141. The zero-order valence-electron chi connectivity index (χ0n) is 12.4. The number of hydrogen-bond acceptors (Lipinski definition) is 3. The molecule has 1 aliphatic heterocycles. The van der Waals surface area contributed by atoms with Crippen LogP contribution in [0.5, 0.6) is 0 Å². The summed E-state index contributed by atoms with van der Waals surface area (Å²) in [5.74, 6) is -0.141. The van der Waals surface area contributed by atoms with Crippen LogP contribution in [-0.2, 0) is 11.2 Å². The third-order valence-corrected chi connectivity index (χ3v) is 3.75. The van der Waals surface area contributed by atoms with E-state index in [1.165, 1.54) is 0 Å². The molecule has 1 fully saturated rings. The fourth-order valence-electron chi connectivity index (χ4n) is 2.80. The number of anilines is 1. The summed E-state index contributed by atoms with van der Waals surface area (Å²) < 4.78 is 19.8. The maximum Gasteiger partial charge on any atom is 0.146 e. The van der Waals surface area contributed by atoms with Crippen molar-refractivity contribution in [2.24, 2.45) is 5.73 Å². The molecule has 2 rings (SSSR count). The Morgan fingerprint density at radius 1 is 1.40 bits per heavy atom. The number of halogens is 1. The molecule has 0 radical (unpaired) electrons. The van der Waals surface area contributed by atoms with Crippen molar-refractivity contribution < 1.29 is 9.13 Å². The Kier molecular flexibility index (Phi) is 5.38. The SMILES string of the molecule is CCOC1CCN(c2ccc(CC(C)N)cc2F)CC1. The minimum Gasteiger partial charge on any atom is -0.378 e. The summed E-state index contributed by atoms with van der Waals surface area (Å²) >= 11 is 0. The van der Waals surface area contributed by atoms with Gasteiger partial charge in [0.05, 0.1) is 11.8 Å². The highest BCUT2D eigenvalue weighted by Gasteiger charge is 2.21. The van der Waals surface area contributed by atoms with Crippen molar-refractivity contribution in [3.8, 4) is 0 Å². The van der Waals surface area contributed by atoms with Crippen LogP contribution in [-0.4, -0.2) is 31.8 Å². The lowest BCUT2D eigenvalue weighted by Gasteiger charge is -2.33. The lowest BCUT2D eigenvalue weighted by Crippen LogP contribution is -2.37. The van der Waals surface area contributed by atoms with Gasteiger partial charge in [-0.2, -0.15) is 0 Å². The van der Waals surface area contributed by atoms with Gasteiger partial charge in [-0.1, -0.05) is 6.07 Å². The smallest absolute Gasteiger partial charge is 0.146 e. The highest BCUT2D eigenvalue weighted by molar-refractivity contribution is 5.49. The molecule has 4 heteroatoms. The minimum absolute atomic E-state index is 0.0576. The van der Waals surface area contributed by atoms with E-state index in [9.17, 15) is 4.39 Å². The van der Waals surface area contributed by atoms with Crippen molar-refractivity contribution in [1.29, 1.82) is 0 Å². The summed E-state index contributed by atoms with van der Waals surface area (Å²) in [5.41, 5.74) is 7.42. The van der Waals surface area contributed by atoms with Crippen LogP contribution in [0.15, 0.2) is 18.2 Å². The first-order chi connectivity index (χ1) is 9.60. The Hall–Kier alpha value is -1.13. The number of nitrogens with zero attached hydrogens (tertiary/aromatic N) is 1. The Bertz CT molecular complexity index is 428. The van der Waals surface area contributed by atoms with Gasteiger partial charge >= 0.3 is 0 Å². The number of ether oxygens (including phenoxy) is 1. The normalized spacial score (nSPS) is 18.3. The predicted octanol–water partition coefficient (Wildman–Crippen LogP) is 2.72. The molecule has 0 bridgehead atoms. The van der Waals surface area contributed by atoms with Crippen LogP contribution in [0.1, 0.15) is 32.3 Å². The third-order valence-electron chi connectivity index (χ3n) is 3.75. The number of nitrogens with two attached hydrogens (primary N) is 1. The molecule has 0 amide bonds. The van der Waals surface area contributed by atoms with E-state index in [4.69, 9.17) is 10.5 Å². The summed E-state index contributed by atoms with van der Waals surface area (Å²) in [7, 11) is 0. The monoisotopic (exact) mass is 280 g/mol. The topological polar surface area (TPSA) is 38.5 Å². The molecular weight excluding hydrogens is 255 g/mol. The lowest BCUT2D eigenvalue weighted by atomic mass is 10.0. The third kappa shape index (κ3) is 3.93. The van der Waals surface area contributed by atoms with Crippen LogP contribution in [0.4, 0.5) is 10.1 Å². The van der Waals surface area contributed by atoms with Gasteiger partial charge in [-0.3, -0.25) is 0 Å². The molecule has 0 saturated carbocycles. The van der Waals surface area contributed by atoms with Crippen LogP contribution in [0.25, 0.3) is 0 Å². The largest absolute Gasteiger partial charge is 0.378 e. The van der Waals surface area contributed by atoms with Crippen molar-refractivity contribution in [2.45, 2.75) is 45.3 Å². The van der Waals surface area contributed by atoms with Crippen LogP contribution in [0, 0.1) is 5.82 Å². The van der Waals surface area contributed by atoms with Crippen molar-refractivity contribution in [2.75, 3.05) is 24.6 Å². The first-order valence-corrected chi connectivity index (χ1v) is 7.50. The van der Waals surface area contributed by atoms with Gasteiger partial charge in [-0.05, 0) is 50.8 Å². The molecule has 1 aromatic carbocycles. The predicted molar refractivity (Wildman–Crippen MR) is 80.6 cm³/mol. The van der Waals surface area contributed by atoms with E-state index in [2.05, 4.69) is 4.90 Å². The molecule has 3 nitrogen and oxygen atoms in total. The van der Waals surface area contributed by atoms with Crippen molar-refractivity contribution in [1.82, 2.24) is 0 Å². The molecule has 1 heterocycles. The molecule has 0 spiro atoms. The molecule has 20 heavy (non-hydrogen) atoms. The molecule has 1 unspecified atom stereocenters. The highest BCUT2D eigenvalue weighted by Crippen LogP contribution is 2.25. The number of piperidine rings is 1. The number of rotatable bonds is 5. The Morgan fingerprint density at radius 2 is 2.10 bits per heavy atom. The molecule has 112 valence electrons. The molecular formula is C16H25FN2O. The average Bonchev–Trinajstić information content (AvgIpc) is 2.40. The van der Waals surface area contributed by atoms with E-state index >= 15 is 0 Å². The van der Waals surface area contributed by atoms with Gasteiger partial charge in [0.25, 0.3) is 0 Å². The average molecular weight is 280 g/mol. The maximum atomic E-state index is 14.2.